The molecule has 6 nitrogen and oxygen atoms in total. The molecule has 0 radical (unpaired) electrons. The maximum absolute atomic E-state index is 12.3. The fourth-order valence-corrected chi connectivity index (χ4v) is 3.71. The van der Waals surface area contributed by atoms with E-state index in [0.717, 1.165) is 61.5 Å². The van der Waals surface area contributed by atoms with E-state index in [4.69, 9.17) is 0 Å². The molecule has 1 aliphatic heterocycles. The number of carbonyl (C=O) groups is 1. The second kappa shape index (κ2) is 7.78. The van der Waals surface area contributed by atoms with Gasteiger partial charge in [-0.2, -0.15) is 0 Å². The molecule has 4 rings (SSSR count). The molecule has 0 bridgehead atoms. The summed E-state index contributed by atoms with van der Waals surface area (Å²) in [7, 11) is 0. The summed E-state index contributed by atoms with van der Waals surface area (Å²) in [4.78, 5) is 23.4. The molecule has 1 aromatic carbocycles. The highest BCUT2D eigenvalue weighted by Gasteiger charge is 2.24. The zero-order chi connectivity index (χ0) is 18.6. The fraction of sp³-hybridized carbons (Fsp3) is 0.381. The van der Waals surface area contributed by atoms with Gasteiger partial charge in [0.2, 0.25) is 0 Å². The Morgan fingerprint density at radius 1 is 1.19 bits per heavy atom. The van der Waals surface area contributed by atoms with Gasteiger partial charge in [0.15, 0.2) is 0 Å². The van der Waals surface area contributed by atoms with Crippen molar-refractivity contribution >= 4 is 23.6 Å². The van der Waals surface area contributed by atoms with Gasteiger partial charge in [-0.25, -0.2) is 14.8 Å². The van der Waals surface area contributed by atoms with Crippen LogP contribution in [0.1, 0.15) is 36.6 Å². The number of hydrogen-bond donors (Lipinski definition) is 2. The van der Waals surface area contributed by atoms with Gasteiger partial charge in [0.05, 0.1) is 5.69 Å². The number of aryl methyl sites for hydroxylation is 1. The summed E-state index contributed by atoms with van der Waals surface area (Å²) in [6.45, 7) is 3.88. The molecule has 1 aliphatic carbocycles. The standard InChI is InChI=1S/C21H25N5O/c1-2-15-6-8-16(9-7-15)24-21(27)25-17-10-12-26(13-11-17)20-18-4-3-5-19(18)22-14-23-20/h3-4,6-9,14,17H,2,5,10-13H2,1H3,(H2,24,25,27). The van der Waals surface area contributed by atoms with Crippen LogP contribution in [0.4, 0.5) is 16.3 Å². The zero-order valence-corrected chi connectivity index (χ0v) is 15.6. The lowest BCUT2D eigenvalue weighted by Crippen LogP contribution is -2.46. The average molecular weight is 363 g/mol. The summed E-state index contributed by atoms with van der Waals surface area (Å²) in [5.74, 6) is 1.02. The summed E-state index contributed by atoms with van der Waals surface area (Å²) in [5, 5.41) is 6.02. The summed E-state index contributed by atoms with van der Waals surface area (Å²) < 4.78 is 0. The molecule has 2 N–H and O–H groups in total. The Morgan fingerprint density at radius 3 is 2.70 bits per heavy atom. The van der Waals surface area contributed by atoms with E-state index in [1.807, 2.05) is 24.3 Å². The third-order valence-corrected chi connectivity index (χ3v) is 5.29. The molecule has 2 aromatic rings. The maximum Gasteiger partial charge on any atom is 0.319 e. The summed E-state index contributed by atoms with van der Waals surface area (Å²) in [5.41, 5.74) is 4.34. The van der Waals surface area contributed by atoms with Gasteiger partial charge >= 0.3 is 6.03 Å². The van der Waals surface area contributed by atoms with E-state index in [9.17, 15) is 4.79 Å². The van der Waals surface area contributed by atoms with Crippen molar-refractivity contribution in [3.63, 3.8) is 0 Å². The smallest absolute Gasteiger partial charge is 0.319 e. The van der Waals surface area contributed by atoms with E-state index in [0.29, 0.717) is 0 Å². The average Bonchev–Trinajstić information content (AvgIpc) is 3.18. The van der Waals surface area contributed by atoms with Gasteiger partial charge in [0.25, 0.3) is 0 Å². The number of aromatic nitrogens is 2. The van der Waals surface area contributed by atoms with Crippen molar-refractivity contribution in [2.45, 2.75) is 38.6 Å². The van der Waals surface area contributed by atoms with Crippen LogP contribution in [0.15, 0.2) is 36.7 Å². The molecule has 0 spiro atoms. The Kier molecular flexibility index (Phi) is 5.05. The maximum atomic E-state index is 12.3. The minimum Gasteiger partial charge on any atom is -0.356 e. The Morgan fingerprint density at radius 2 is 1.96 bits per heavy atom. The fourth-order valence-electron chi connectivity index (χ4n) is 3.71. The first-order valence-electron chi connectivity index (χ1n) is 9.64. The predicted molar refractivity (Wildman–Crippen MR) is 108 cm³/mol. The lowest BCUT2D eigenvalue weighted by molar-refractivity contribution is 0.246. The topological polar surface area (TPSA) is 70.2 Å². The van der Waals surface area contributed by atoms with Crippen LogP contribution in [0.3, 0.4) is 0 Å². The van der Waals surface area contributed by atoms with Crippen LogP contribution >= 0.6 is 0 Å². The number of nitrogens with zero attached hydrogens (tertiary/aromatic N) is 3. The van der Waals surface area contributed by atoms with Crippen molar-refractivity contribution in [3.8, 4) is 0 Å². The Balaban J connectivity index is 1.30. The van der Waals surface area contributed by atoms with Gasteiger partial charge in [-0.05, 0) is 37.0 Å². The third kappa shape index (κ3) is 3.94. The van der Waals surface area contributed by atoms with E-state index in [-0.39, 0.29) is 12.1 Å². The molecule has 0 atom stereocenters. The highest BCUT2D eigenvalue weighted by atomic mass is 16.2. The van der Waals surface area contributed by atoms with Crippen LogP contribution in [0.25, 0.3) is 6.08 Å². The molecule has 27 heavy (non-hydrogen) atoms. The van der Waals surface area contributed by atoms with E-state index in [2.05, 4.69) is 44.6 Å². The van der Waals surface area contributed by atoms with E-state index in [1.165, 1.54) is 5.56 Å². The molecule has 0 saturated carbocycles. The highest BCUT2D eigenvalue weighted by Crippen LogP contribution is 2.28. The number of fused-ring (bicyclic) bond motifs is 1. The molecule has 1 fully saturated rings. The normalized spacial score (nSPS) is 16.3. The Hall–Kier alpha value is -2.89. The first kappa shape index (κ1) is 17.5. The largest absolute Gasteiger partial charge is 0.356 e. The minimum atomic E-state index is -0.136. The number of anilines is 2. The Bertz CT molecular complexity index is 838. The molecule has 140 valence electrons. The number of allylic oxidation sites excluding steroid dienone is 1. The van der Waals surface area contributed by atoms with Crippen LogP contribution in [-0.4, -0.2) is 35.1 Å². The molecule has 2 heterocycles. The number of benzene rings is 1. The number of rotatable bonds is 4. The van der Waals surface area contributed by atoms with Crippen LogP contribution in [0.2, 0.25) is 0 Å². The highest BCUT2D eigenvalue weighted by molar-refractivity contribution is 5.89. The monoisotopic (exact) mass is 363 g/mol. The number of amides is 2. The minimum absolute atomic E-state index is 0.136. The van der Waals surface area contributed by atoms with Crippen molar-refractivity contribution < 1.29 is 4.79 Å². The number of piperidine rings is 1. The molecule has 1 saturated heterocycles. The number of carbonyl (C=O) groups excluding carboxylic acids is 1. The van der Waals surface area contributed by atoms with Gasteiger partial charge in [0.1, 0.15) is 12.1 Å². The Labute approximate surface area is 159 Å². The summed E-state index contributed by atoms with van der Waals surface area (Å²) in [6.07, 6.45) is 9.61. The van der Waals surface area contributed by atoms with Gasteiger partial charge in [-0.3, -0.25) is 0 Å². The van der Waals surface area contributed by atoms with Crippen LogP contribution in [0, 0.1) is 0 Å². The molecule has 0 unspecified atom stereocenters. The molecule has 6 heteroatoms. The van der Waals surface area contributed by atoms with Crippen LogP contribution in [-0.2, 0) is 12.8 Å². The van der Waals surface area contributed by atoms with Gasteiger partial charge in [-0.1, -0.05) is 31.2 Å². The molecule has 1 aromatic heterocycles. The molecule has 2 amide bonds. The predicted octanol–water partition coefficient (Wildman–Crippen LogP) is 3.40. The SMILES string of the molecule is CCc1ccc(NC(=O)NC2CCN(c3ncnc4c3C=CC4)CC2)cc1. The van der Waals surface area contributed by atoms with Gasteiger partial charge < -0.3 is 15.5 Å². The number of urea groups is 1. The van der Waals surface area contributed by atoms with Crippen molar-refractivity contribution in [1.82, 2.24) is 15.3 Å². The van der Waals surface area contributed by atoms with Crippen molar-refractivity contribution in [2.75, 3.05) is 23.3 Å². The van der Waals surface area contributed by atoms with Gasteiger partial charge in [-0.15, -0.1) is 0 Å². The molecular formula is C21H25N5O. The summed E-state index contributed by atoms with van der Waals surface area (Å²) in [6, 6.07) is 8.03. The van der Waals surface area contributed by atoms with Crippen molar-refractivity contribution in [2.24, 2.45) is 0 Å². The van der Waals surface area contributed by atoms with Crippen LogP contribution in [0.5, 0.6) is 0 Å². The quantitative estimate of drug-likeness (QED) is 0.873. The van der Waals surface area contributed by atoms with E-state index >= 15 is 0 Å². The lowest BCUT2D eigenvalue weighted by atomic mass is 10.0. The van der Waals surface area contributed by atoms with E-state index in [1.54, 1.807) is 6.33 Å². The second-order valence-electron chi connectivity index (χ2n) is 7.07. The lowest BCUT2D eigenvalue weighted by Gasteiger charge is -2.33. The first-order valence-corrected chi connectivity index (χ1v) is 9.64. The van der Waals surface area contributed by atoms with Gasteiger partial charge in [0, 0.05) is 36.8 Å². The zero-order valence-electron chi connectivity index (χ0n) is 15.6. The van der Waals surface area contributed by atoms with Crippen molar-refractivity contribution in [1.29, 1.82) is 0 Å². The number of hydrogen-bond acceptors (Lipinski definition) is 4. The molecular weight excluding hydrogens is 338 g/mol. The third-order valence-electron chi connectivity index (χ3n) is 5.29. The summed E-state index contributed by atoms with van der Waals surface area (Å²) >= 11 is 0. The second-order valence-corrected chi connectivity index (χ2v) is 7.07. The van der Waals surface area contributed by atoms with Crippen LogP contribution < -0.4 is 15.5 Å². The van der Waals surface area contributed by atoms with Crippen molar-refractivity contribution in [3.05, 3.63) is 53.5 Å². The first-order chi connectivity index (χ1) is 13.2. The molecule has 2 aliphatic rings. The van der Waals surface area contributed by atoms with E-state index < -0.39 is 0 Å². The number of nitrogens with one attached hydrogen (secondary N) is 2.